The molecule has 1 aromatic rings. The number of amides is 1. The van der Waals surface area contributed by atoms with E-state index >= 15 is 0 Å². The summed E-state index contributed by atoms with van der Waals surface area (Å²) in [6.45, 7) is 5.67. The van der Waals surface area contributed by atoms with Crippen molar-refractivity contribution in [2.45, 2.75) is 31.8 Å². The first-order valence-corrected chi connectivity index (χ1v) is 8.53. The Morgan fingerprint density at radius 2 is 1.88 bits per heavy atom. The second kappa shape index (κ2) is 12.7. The monoisotopic (exact) mass is 411 g/mol. The SMILES string of the molecule is CC(N)CCC(=O)NCC(c1ccc(Cl)cc1)N1CCOCC1.Cl.Cl. The molecule has 1 saturated heterocycles. The van der Waals surface area contributed by atoms with E-state index in [1.807, 2.05) is 31.2 Å². The minimum atomic E-state index is 0. The van der Waals surface area contributed by atoms with E-state index < -0.39 is 0 Å². The van der Waals surface area contributed by atoms with Gasteiger partial charge in [0.1, 0.15) is 0 Å². The van der Waals surface area contributed by atoms with Gasteiger partial charge in [-0.3, -0.25) is 9.69 Å². The molecule has 25 heavy (non-hydrogen) atoms. The van der Waals surface area contributed by atoms with Gasteiger partial charge in [-0.25, -0.2) is 0 Å². The van der Waals surface area contributed by atoms with Crippen LogP contribution in [0.3, 0.4) is 0 Å². The third-order valence-electron chi connectivity index (χ3n) is 4.06. The van der Waals surface area contributed by atoms with Gasteiger partial charge in [-0.2, -0.15) is 0 Å². The van der Waals surface area contributed by atoms with Crippen LogP contribution in [-0.2, 0) is 9.53 Å². The zero-order valence-corrected chi connectivity index (χ0v) is 16.8. The van der Waals surface area contributed by atoms with E-state index in [9.17, 15) is 4.79 Å². The van der Waals surface area contributed by atoms with E-state index in [0.29, 0.717) is 19.4 Å². The summed E-state index contributed by atoms with van der Waals surface area (Å²) in [6.07, 6.45) is 1.17. The number of benzene rings is 1. The lowest BCUT2D eigenvalue weighted by Gasteiger charge is -2.35. The highest BCUT2D eigenvalue weighted by Gasteiger charge is 2.23. The predicted molar refractivity (Wildman–Crippen MR) is 107 cm³/mol. The van der Waals surface area contributed by atoms with Gasteiger partial charge in [-0.05, 0) is 31.0 Å². The van der Waals surface area contributed by atoms with Crippen molar-refractivity contribution < 1.29 is 9.53 Å². The Hall–Kier alpha value is -0.560. The Kier molecular flexibility index (Phi) is 12.5. The van der Waals surface area contributed by atoms with Gasteiger partial charge in [-0.15, -0.1) is 24.8 Å². The van der Waals surface area contributed by atoms with Crippen molar-refractivity contribution in [1.29, 1.82) is 0 Å². The van der Waals surface area contributed by atoms with E-state index in [1.165, 1.54) is 0 Å². The van der Waals surface area contributed by atoms with E-state index in [0.717, 1.165) is 36.9 Å². The molecular weight excluding hydrogens is 385 g/mol. The topological polar surface area (TPSA) is 67.6 Å². The Morgan fingerprint density at radius 3 is 2.44 bits per heavy atom. The van der Waals surface area contributed by atoms with Crippen molar-refractivity contribution in [2.75, 3.05) is 32.8 Å². The predicted octanol–water partition coefficient (Wildman–Crippen LogP) is 2.80. The molecule has 2 unspecified atom stereocenters. The van der Waals surface area contributed by atoms with Gasteiger partial charge in [0, 0.05) is 37.1 Å². The molecule has 0 radical (unpaired) electrons. The number of hydrogen-bond acceptors (Lipinski definition) is 4. The number of halogens is 3. The summed E-state index contributed by atoms with van der Waals surface area (Å²) in [6, 6.07) is 8.01. The maximum atomic E-state index is 12.0. The van der Waals surface area contributed by atoms with Crippen molar-refractivity contribution in [2.24, 2.45) is 5.73 Å². The molecule has 3 N–H and O–H groups in total. The molecular formula is C17H28Cl3N3O2. The number of rotatable bonds is 7. The molecule has 0 spiro atoms. The molecule has 5 nitrogen and oxygen atoms in total. The van der Waals surface area contributed by atoms with Gasteiger partial charge >= 0.3 is 0 Å². The largest absolute Gasteiger partial charge is 0.379 e. The summed E-state index contributed by atoms with van der Waals surface area (Å²) < 4.78 is 5.43. The molecule has 0 aromatic heterocycles. The first-order valence-electron chi connectivity index (χ1n) is 8.16. The van der Waals surface area contributed by atoms with Crippen molar-refractivity contribution in [3.05, 3.63) is 34.9 Å². The van der Waals surface area contributed by atoms with Crippen LogP contribution in [0, 0.1) is 0 Å². The number of carbonyl (C=O) groups excluding carboxylic acids is 1. The average Bonchev–Trinajstić information content (AvgIpc) is 2.55. The van der Waals surface area contributed by atoms with Gasteiger partial charge in [0.05, 0.1) is 19.3 Å². The van der Waals surface area contributed by atoms with Crippen LogP contribution in [0.5, 0.6) is 0 Å². The zero-order chi connectivity index (χ0) is 16.7. The van der Waals surface area contributed by atoms with Gasteiger partial charge in [0.15, 0.2) is 0 Å². The second-order valence-electron chi connectivity index (χ2n) is 6.04. The molecule has 1 fully saturated rings. The van der Waals surface area contributed by atoms with Crippen LogP contribution < -0.4 is 11.1 Å². The van der Waals surface area contributed by atoms with Crippen LogP contribution in [0.2, 0.25) is 5.02 Å². The zero-order valence-electron chi connectivity index (χ0n) is 14.4. The molecule has 1 aromatic carbocycles. The van der Waals surface area contributed by atoms with Crippen molar-refractivity contribution in [3.63, 3.8) is 0 Å². The molecule has 1 amide bonds. The standard InChI is InChI=1S/C17H26ClN3O2.2ClH/c1-13(19)2-7-17(22)20-12-16(21-8-10-23-11-9-21)14-3-5-15(18)6-4-14;;/h3-6,13,16H,2,7-12,19H2,1H3,(H,20,22);2*1H. The first-order chi connectivity index (χ1) is 11.1. The van der Waals surface area contributed by atoms with Gasteiger partial charge in [0.2, 0.25) is 5.91 Å². The van der Waals surface area contributed by atoms with E-state index in [1.54, 1.807) is 0 Å². The lowest BCUT2D eigenvalue weighted by atomic mass is 10.0. The van der Waals surface area contributed by atoms with E-state index in [4.69, 9.17) is 22.1 Å². The molecule has 1 aliphatic heterocycles. The first kappa shape index (κ1) is 24.4. The summed E-state index contributed by atoms with van der Waals surface area (Å²) in [7, 11) is 0. The minimum Gasteiger partial charge on any atom is -0.379 e. The fourth-order valence-corrected chi connectivity index (χ4v) is 2.82. The molecule has 144 valence electrons. The molecule has 2 rings (SSSR count). The van der Waals surface area contributed by atoms with Crippen molar-refractivity contribution in [3.8, 4) is 0 Å². The van der Waals surface area contributed by atoms with Crippen LogP contribution in [0.1, 0.15) is 31.4 Å². The number of nitrogens with zero attached hydrogens (tertiary/aromatic N) is 1. The molecule has 2 atom stereocenters. The second-order valence-corrected chi connectivity index (χ2v) is 6.47. The highest BCUT2D eigenvalue weighted by molar-refractivity contribution is 6.30. The smallest absolute Gasteiger partial charge is 0.220 e. The minimum absolute atomic E-state index is 0. The van der Waals surface area contributed by atoms with Crippen LogP contribution in [-0.4, -0.2) is 49.7 Å². The van der Waals surface area contributed by atoms with Gasteiger partial charge in [-0.1, -0.05) is 23.7 Å². The Bertz CT molecular complexity index is 494. The van der Waals surface area contributed by atoms with E-state index in [2.05, 4.69) is 10.2 Å². The number of ether oxygens (including phenoxy) is 1. The maximum absolute atomic E-state index is 12.0. The summed E-state index contributed by atoms with van der Waals surface area (Å²) in [5.41, 5.74) is 6.86. The van der Waals surface area contributed by atoms with Gasteiger partial charge in [0.25, 0.3) is 0 Å². The number of hydrogen-bond donors (Lipinski definition) is 2. The fraction of sp³-hybridized carbons (Fsp3) is 0.588. The number of carbonyl (C=O) groups is 1. The average molecular weight is 413 g/mol. The lowest BCUT2D eigenvalue weighted by Crippen LogP contribution is -2.43. The van der Waals surface area contributed by atoms with Crippen molar-refractivity contribution in [1.82, 2.24) is 10.2 Å². The molecule has 0 aliphatic carbocycles. The Labute approximate surface area is 167 Å². The molecule has 0 bridgehead atoms. The summed E-state index contributed by atoms with van der Waals surface area (Å²) in [4.78, 5) is 14.3. The van der Waals surface area contributed by atoms with Crippen LogP contribution in [0.4, 0.5) is 0 Å². The molecule has 1 aliphatic rings. The van der Waals surface area contributed by atoms with Crippen LogP contribution in [0.25, 0.3) is 0 Å². The fourth-order valence-electron chi connectivity index (χ4n) is 2.69. The quantitative estimate of drug-likeness (QED) is 0.722. The van der Waals surface area contributed by atoms with Crippen molar-refractivity contribution >= 4 is 42.3 Å². The Morgan fingerprint density at radius 1 is 1.28 bits per heavy atom. The molecule has 0 saturated carbocycles. The summed E-state index contributed by atoms with van der Waals surface area (Å²) in [5, 5.41) is 3.76. The summed E-state index contributed by atoms with van der Waals surface area (Å²) in [5.74, 6) is 0.0505. The van der Waals surface area contributed by atoms with Gasteiger partial charge < -0.3 is 15.8 Å². The lowest BCUT2D eigenvalue weighted by molar-refractivity contribution is -0.121. The normalized spacial score (nSPS) is 16.9. The third-order valence-corrected chi connectivity index (χ3v) is 4.31. The van der Waals surface area contributed by atoms with Crippen LogP contribution in [0.15, 0.2) is 24.3 Å². The summed E-state index contributed by atoms with van der Waals surface area (Å²) >= 11 is 5.99. The van der Waals surface area contributed by atoms with Crippen LogP contribution >= 0.6 is 36.4 Å². The van der Waals surface area contributed by atoms with E-state index in [-0.39, 0.29) is 42.8 Å². The highest BCUT2D eigenvalue weighted by Crippen LogP contribution is 2.23. The Balaban J connectivity index is 0.00000288. The number of nitrogens with two attached hydrogens (primary N) is 1. The third kappa shape index (κ3) is 8.58. The number of nitrogens with one attached hydrogen (secondary N) is 1. The molecule has 1 heterocycles. The highest BCUT2D eigenvalue weighted by atomic mass is 35.5. The number of morpholine rings is 1. The molecule has 8 heteroatoms. The maximum Gasteiger partial charge on any atom is 0.220 e.